The molecular weight excluding hydrogens is 817 g/mol. The van der Waals surface area contributed by atoms with Crippen molar-refractivity contribution in [3.8, 4) is 0 Å². The molecule has 2 aromatic heterocycles. The summed E-state index contributed by atoms with van der Waals surface area (Å²) in [5.74, 6) is 2.92. The molecule has 4 heterocycles. The molecule has 8 nitrogen and oxygen atoms in total. The Morgan fingerprint density at radius 2 is 1.03 bits per heavy atom. The maximum absolute atomic E-state index is 15.4. The Kier molecular flexibility index (Phi) is 16.3. The molecule has 6 aromatic rings. The van der Waals surface area contributed by atoms with Gasteiger partial charge in [-0.15, -0.1) is 0 Å². The van der Waals surface area contributed by atoms with Crippen LogP contribution in [0.1, 0.15) is 114 Å². The predicted octanol–water partition coefficient (Wildman–Crippen LogP) is 10.6. The average Bonchev–Trinajstić information content (AvgIpc) is 3.96. The molecule has 8 heteroatoms. The lowest BCUT2D eigenvalue weighted by atomic mass is 9.84. The summed E-state index contributed by atoms with van der Waals surface area (Å²) in [5, 5.41) is 0. The van der Waals surface area contributed by atoms with Crippen LogP contribution in [-0.2, 0) is 74.3 Å². The summed E-state index contributed by atoms with van der Waals surface area (Å²) in [4.78, 5) is 39.8. The summed E-state index contributed by atoms with van der Waals surface area (Å²) in [6, 6.07) is 42.5. The third kappa shape index (κ3) is 12.1. The van der Waals surface area contributed by atoms with Crippen molar-refractivity contribution in [1.82, 2.24) is 19.6 Å². The van der Waals surface area contributed by atoms with Gasteiger partial charge in [-0.05, 0) is 121 Å². The summed E-state index contributed by atoms with van der Waals surface area (Å²) in [7, 11) is 0. The van der Waals surface area contributed by atoms with E-state index in [1.807, 2.05) is 18.2 Å². The van der Waals surface area contributed by atoms with E-state index in [-0.39, 0.29) is 30.6 Å². The topological polar surface area (TPSA) is 73.4 Å². The van der Waals surface area contributed by atoms with Crippen LogP contribution in [-0.4, -0.2) is 77.0 Å². The lowest BCUT2D eigenvalue weighted by Crippen LogP contribution is -2.39. The maximum atomic E-state index is 15.4. The van der Waals surface area contributed by atoms with Crippen molar-refractivity contribution < 1.29 is 18.4 Å². The van der Waals surface area contributed by atoms with Crippen molar-refractivity contribution in [3.63, 3.8) is 0 Å². The van der Waals surface area contributed by atoms with Crippen molar-refractivity contribution in [1.29, 1.82) is 0 Å². The Balaban J connectivity index is 1.08. The number of Topliss-reactive ketones (excluding diaryl/α,β-unsaturated/α-hetero) is 2. The number of ketones is 2. The van der Waals surface area contributed by atoms with Crippen LogP contribution < -0.4 is 0 Å². The van der Waals surface area contributed by atoms with Crippen molar-refractivity contribution in [2.75, 3.05) is 45.8 Å². The van der Waals surface area contributed by atoms with Gasteiger partial charge in [-0.2, -0.15) is 0 Å². The predicted molar refractivity (Wildman–Crippen MR) is 264 cm³/mol. The zero-order valence-electron chi connectivity index (χ0n) is 39.9. The van der Waals surface area contributed by atoms with Crippen LogP contribution >= 0.6 is 0 Å². The molecule has 0 radical (unpaired) electrons. The van der Waals surface area contributed by atoms with Gasteiger partial charge in [0.05, 0.1) is 32.7 Å². The van der Waals surface area contributed by atoms with E-state index in [0.29, 0.717) is 13.1 Å². The minimum atomic E-state index is -0.897. The van der Waals surface area contributed by atoms with Gasteiger partial charge >= 0.3 is 0 Å². The van der Waals surface area contributed by atoms with Crippen molar-refractivity contribution in [3.05, 3.63) is 189 Å². The number of aryl methyl sites for hydroxylation is 4. The van der Waals surface area contributed by atoms with Crippen LogP contribution in [0.3, 0.4) is 0 Å². The first-order chi connectivity index (χ1) is 32.3. The number of hydrogen-bond donors (Lipinski definition) is 0. The summed E-state index contributed by atoms with van der Waals surface area (Å²) < 4.78 is 13.0. The Morgan fingerprint density at radius 3 is 1.59 bits per heavy atom. The van der Waals surface area contributed by atoms with Crippen LogP contribution in [0.2, 0.25) is 0 Å². The van der Waals surface area contributed by atoms with E-state index in [9.17, 15) is 0 Å². The van der Waals surface area contributed by atoms with Gasteiger partial charge in [-0.1, -0.05) is 137 Å². The molecule has 0 bridgehead atoms. The molecular formula is C58H70N4O4. The van der Waals surface area contributed by atoms with E-state index >= 15 is 9.59 Å². The molecule has 0 N–H and O–H groups in total. The quantitative estimate of drug-likeness (QED) is 0.0589. The zero-order valence-corrected chi connectivity index (χ0v) is 39.9. The average molecular weight is 887 g/mol. The van der Waals surface area contributed by atoms with E-state index in [1.54, 1.807) is 0 Å². The van der Waals surface area contributed by atoms with Gasteiger partial charge in [0.15, 0.2) is 5.78 Å². The number of rotatable bonds is 23. The van der Waals surface area contributed by atoms with Gasteiger partial charge in [0.2, 0.25) is 0 Å². The summed E-state index contributed by atoms with van der Waals surface area (Å²) in [5.41, 5.74) is 9.34. The summed E-state index contributed by atoms with van der Waals surface area (Å²) in [6.07, 6.45) is 5.43. The largest absolute Gasteiger partial charge is 0.463 e. The first kappa shape index (κ1) is 47.1. The monoisotopic (exact) mass is 887 g/mol. The second kappa shape index (κ2) is 22.9. The number of benzene rings is 4. The number of furan rings is 2. The Bertz CT molecular complexity index is 2480. The molecule has 66 heavy (non-hydrogen) atoms. The Labute approximate surface area is 393 Å². The normalized spacial score (nSPS) is 15.2. The van der Waals surface area contributed by atoms with Gasteiger partial charge in [-0.25, -0.2) is 0 Å². The third-order valence-corrected chi connectivity index (χ3v) is 14.1. The number of hydrogen-bond acceptors (Lipinski definition) is 8. The molecule has 0 spiro atoms. The molecule has 2 aliphatic heterocycles. The number of carbonyl (C=O) groups is 2. The van der Waals surface area contributed by atoms with Gasteiger partial charge in [-0.3, -0.25) is 29.2 Å². The number of carbonyl (C=O) groups excluding carboxylic acids is 2. The van der Waals surface area contributed by atoms with Gasteiger partial charge in [0, 0.05) is 25.6 Å². The molecule has 8 rings (SSSR count). The Morgan fingerprint density at radius 1 is 0.545 bits per heavy atom. The Hall–Kier alpha value is -5.38. The fourth-order valence-electron chi connectivity index (χ4n) is 10.1. The second-order valence-corrected chi connectivity index (χ2v) is 18.5. The van der Waals surface area contributed by atoms with Gasteiger partial charge < -0.3 is 8.83 Å². The fraction of sp³-hybridized carbons (Fsp3) is 0.414. The molecule has 4 aromatic carbocycles. The van der Waals surface area contributed by atoms with E-state index in [4.69, 9.17) is 8.83 Å². The van der Waals surface area contributed by atoms with E-state index < -0.39 is 5.92 Å². The molecule has 0 saturated carbocycles. The van der Waals surface area contributed by atoms with Crippen LogP contribution in [0.5, 0.6) is 0 Å². The standard InChI is InChI=1S/C58H70N4O4/c1-5-59(6-2)38-51-35-48-29-31-61(41-56(48)65-51)40-55(64)58(50-24-16-22-46(34-50)28-26-44-19-13-10-14-20-44)54(63)37-53(47-23-15-21-45(33-47)27-25-43-17-11-9-12-18-43)62-32-30-49-36-52(66-57(49)42-62)39-60(7-3)8-4/h9-24,33-36,53,58H,5-8,25-32,37-42H2,1-4H3. The minimum absolute atomic E-state index is 0.0374. The van der Waals surface area contributed by atoms with E-state index in [0.717, 1.165) is 131 Å². The van der Waals surface area contributed by atoms with Crippen molar-refractivity contribution in [2.45, 2.75) is 111 Å². The van der Waals surface area contributed by atoms with Crippen molar-refractivity contribution >= 4 is 11.6 Å². The second-order valence-electron chi connectivity index (χ2n) is 18.5. The summed E-state index contributed by atoms with van der Waals surface area (Å²) in [6.45, 7) is 17.1. The lowest BCUT2D eigenvalue weighted by Gasteiger charge is -2.35. The molecule has 0 aliphatic carbocycles. The highest BCUT2D eigenvalue weighted by Crippen LogP contribution is 2.36. The van der Waals surface area contributed by atoms with Crippen molar-refractivity contribution in [2.24, 2.45) is 0 Å². The molecule has 0 amide bonds. The third-order valence-electron chi connectivity index (χ3n) is 14.1. The lowest BCUT2D eigenvalue weighted by molar-refractivity contribution is -0.130. The van der Waals surface area contributed by atoms with Gasteiger partial charge in [0.1, 0.15) is 34.7 Å². The van der Waals surface area contributed by atoms with Crippen LogP contribution in [0.25, 0.3) is 0 Å². The highest BCUT2D eigenvalue weighted by molar-refractivity contribution is 6.08. The number of nitrogens with zero attached hydrogens (tertiary/aromatic N) is 4. The van der Waals surface area contributed by atoms with Crippen LogP contribution in [0.15, 0.2) is 130 Å². The first-order valence-corrected chi connectivity index (χ1v) is 24.7. The molecule has 2 unspecified atom stereocenters. The van der Waals surface area contributed by atoms with E-state index in [2.05, 4.69) is 150 Å². The first-order valence-electron chi connectivity index (χ1n) is 24.7. The van der Waals surface area contributed by atoms with Gasteiger partial charge in [0.25, 0.3) is 0 Å². The maximum Gasteiger partial charge on any atom is 0.161 e. The molecule has 0 saturated heterocycles. The highest BCUT2D eigenvalue weighted by Gasteiger charge is 2.36. The van der Waals surface area contributed by atoms with Crippen LogP contribution in [0, 0.1) is 0 Å². The summed E-state index contributed by atoms with van der Waals surface area (Å²) >= 11 is 0. The molecule has 0 fully saturated rings. The smallest absolute Gasteiger partial charge is 0.161 e. The van der Waals surface area contributed by atoms with Crippen LogP contribution in [0.4, 0.5) is 0 Å². The molecule has 2 aliphatic rings. The SMILES string of the molecule is CCN(CC)Cc1cc2c(o1)CN(CC(=O)C(C(=O)CC(c1cccc(CCc3ccccc3)c1)N1CCc3cc(CN(CC)CC)oc3C1)c1cccc(CCc3ccccc3)c1)CC2. The van der Waals surface area contributed by atoms with E-state index in [1.165, 1.54) is 27.8 Å². The molecule has 346 valence electrons. The molecule has 2 atom stereocenters. The zero-order chi connectivity index (χ0) is 45.8. The minimum Gasteiger partial charge on any atom is -0.463 e. The highest BCUT2D eigenvalue weighted by atomic mass is 16.3. The fourth-order valence-corrected chi connectivity index (χ4v) is 10.1. The number of fused-ring (bicyclic) bond motifs is 2.